The van der Waals surface area contributed by atoms with Crippen molar-refractivity contribution in [2.75, 3.05) is 0 Å². The summed E-state index contributed by atoms with van der Waals surface area (Å²) in [5.74, 6) is 0. The molecule has 28 aromatic rings. The number of aromatic nitrogens is 4. The van der Waals surface area contributed by atoms with E-state index in [-0.39, 0.29) is 0 Å². The van der Waals surface area contributed by atoms with Gasteiger partial charge in [0.25, 0.3) is 0 Å². The fraction of sp³-hybridized carbons (Fsp3) is 0.0142. The largest absolute Gasteiger partial charge is 0.309 e. The van der Waals surface area contributed by atoms with Crippen molar-refractivity contribution in [3.05, 3.63) is 552 Å². The second-order valence-electron chi connectivity index (χ2n) is 37.7. The predicted molar refractivity (Wildman–Crippen MR) is 619 cm³/mol. The second-order valence-corrected chi connectivity index (χ2v) is 37.7. The van der Waals surface area contributed by atoms with Crippen molar-refractivity contribution in [3.8, 4) is 128 Å². The summed E-state index contributed by atoms with van der Waals surface area (Å²) in [6, 6.07) is 190. The first kappa shape index (κ1) is 86.5. The molecule has 0 aliphatic carbocycles. The molecule has 4 aromatic heterocycles. The Balaban J connectivity index is 0.000000111. The summed E-state index contributed by atoms with van der Waals surface area (Å²) < 4.78 is 7.16. The molecule has 4 heteroatoms. The van der Waals surface area contributed by atoms with Crippen LogP contribution in [-0.4, -0.2) is 18.7 Å². The van der Waals surface area contributed by atoms with E-state index in [1.165, 1.54) is 253 Å². The van der Waals surface area contributed by atoms with E-state index in [9.17, 15) is 0 Å². The van der Waals surface area contributed by atoms with Gasteiger partial charge in [0.1, 0.15) is 0 Å². The molecule has 0 aliphatic heterocycles. The van der Waals surface area contributed by atoms with Crippen LogP contribution in [0.1, 0.15) is 18.1 Å². The van der Waals surface area contributed by atoms with Crippen molar-refractivity contribution in [2.24, 2.45) is 0 Å². The number of fused-ring (bicyclic) bond motifs is 15. The van der Waals surface area contributed by atoms with Crippen LogP contribution in [0.3, 0.4) is 0 Å². The molecule has 4 nitrogen and oxygen atoms in total. The quantitative estimate of drug-likeness (QED) is 0.0940. The lowest BCUT2D eigenvalue weighted by Crippen LogP contribution is -1.95. The molecule has 0 spiro atoms. The average molecular weight is 1850 g/mol. The minimum Gasteiger partial charge on any atom is -0.309 e. The predicted octanol–water partition coefficient (Wildman–Crippen LogP) is 38.5. The molecule has 680 valence electrons. The lowest BCUT2D eigenvalue weighted by atomic mass is 9.84. The number of hydrogen-bond acceptors (Lipinski definition) is 1. The van der Waals surface area contributed by atoms with E-state index in [4.69, 9.17) is 0 Å². The fourth-order valence-corrected chi connectivity index (χ4v) is 23.0. The Bertz CT molecular complexity index is 9820. The smallest absolute Gasteiger partial charge is 0.0541 e. The van der Waals surface area contributed by atoms with Gasteiger partial charge in [0.15, 0.2) is 0 Å². The van der Waals surface area contributed by atoms with Gasteiger partial charge in [0, 0.05) is 61.8 Å². The summed E-state index contributed by atoms with van der Waals surface area (Å²) in [4.78, 5) is 4.22. The van der Waals surface area contributed by atoms with Gasteiger partial charge in [0.2, 0.25) is 0 Å². The van der Waals surface area contributed by atoms with E-state index < -0.39 is 0 Å². The topological polar surface area (TPSA) is 27.7 Å². The minimum absolute atomic E-state index is 1.00. The molecule has 0 amide bonds. The van der Waals surface area contributed by atoms with Crippen LogP contribution in [0.15, 0.2) is 541 Å². The maximum atomic E-state index is 4.22. The Morgan fingerprint density at radius 3 is 0.766 bits per heavy atom. The summed E-state index contributed by atoms with van der Waals surface area (Å²) in [6.45, 7) is 6.24. The number of para-hydroxylation sites is 4. The first-order valence-corrected chi connectivity index (χ1v) is 50.1. The standard InChI is InChI=1S/C49H32N2.C46H31N.C46H33N/c1-3-11-33(12-4-1)37-21-25-43-45(32-37)49(35-13-5-2-6-14-35)42-17-8-7-16-41(42)48(43)36-19-23-39(24-20-36)51-46-18-10-9-15-40(46)44-31-38(22-26-47(44)51)34-27-29-50-30-28-34;1-2-31-21-28-44-41(29-31)37-17-11-12-20-43(37)47(44)36-25-22-34(23-26-36)45-38-18-9-10-19-39(38)46(33-15-7-4-8-16-33)42-30-35(24-27-40(42)45)32-13-5-3-6-14-32;1-2-31-14-6-7-17-36(31)34-26-29-41-42(30-34)46(32-15-4-3-5-16-32)40-21-9-8-20-39(40)45(41)33-24-27-35(28-25-33)47-43-22-12-10-18-37(43)38-19-11-13-23-44(38)47/h1-32H;2-30H,1H2;3-30H,2H2,1H3. The summed E-state index contributed by atoms with van der Waals surface area (Å²) in [7, 11) is 0. The molecule has 0 saturated carbocycles. The monoisotopic (exact) mass is 1840 g/mol. The molecule has 145 heavy (non-hydrogen) atoms. The molecule has 0 N–H and O–H groups in total. The van der Waals surface area contributed by atoms with Gasteiger partial charge in [-0.15, -0.1) is 0 Å². The highest BCUT2D eigenvalue weighted by molar-refractivity contribution is 6.26. The van der Waals surface area contributed by atoms with Crippen molar-refractivity contribution in [1.82, 2.24) is 18.7 Å². The molecule has 0 aliphatic rings. The van der Waals surface area contributed by atoms with E-state index >= 15 is 0 Å². The van der Waals surface area contributed by atoms with Crippen LogP contribution in [0, 0.1) is 0 Å². The Labute approximate surface area is 842 Å². The first-order valence-electron chi connectivity index (χ1n) is 50.1. The highest BCUT2D eigenvalue weighted by Crippen LogP contribution is 2.51. The highest BCUT2D eigenvalue weighted by atomic mass is 15.0. The van der Waals surface area contributed by atoms with E-state index in [0.29, 0.717) is 0 Å². The minimum atomic E-state index is 1.00. The molecule has 0 atom stereocenters. The molecule has 0 unspecified atom stereocenters. The van der Waals surface area contributed by atoms with Crippen LogP contribution in [0.25, 0.3) is 264 Å². The van der Waals surface area contributed by atoms with Crippen LogP contribution in [0.2, 0.25) is 0 Å². The summed E-state index contributed by atoms with van der Waals surface area (Å²) in [5.41, 5.74) is 38.0. The van der Waals surface area contributed by atoms with Gasteiger partial charge in [-0.05, 0) is 309 Å². The first-order chi connectivity index (χ1) is 71.9. The molecule has 0 fully saturated rings. The number of nitrogens with zero attached hydrogens (tertiary/aromatic N) is 4. The van der Waals surface area contributed by atoms with Gasteiger partial charge in [-0.25, -0.2) is 0 Å². The maximum Gasteiger partial charge on any atom is 0.0541 e. The van der Waals surface area contributed by atoms with E-state index in [1.807, 2.05) is 18.5 Å². The molecule has 28 rings (SSSR count). The Hall–Kier alpha value is -18.9. The maximum absolute atomic E-state index is 4.22. The Morgan fingerprint density at radius 2 is 0.414 bits per heavy atom. The second kappa shape index (κ2) is 37.0. The number of aryl methyl sites for hydroxylation is 1. The molecule has 0 bridgehead atoms. The van der Waals surface area contributed by atoms with E-state index in [1.54, 1.807) is 0 Å². The normalized spacial score (nSPS) is 11.5. The number of hydrogen-bond donors (Lipinski definition) is 0. The van der Waals surface area contributed by atoms with Gasteiger partial charge in [-0.3, -0.25) is 4.98 Å². The van der Waals surface area contributed by atoms with Crippen LogP contribution in [0.5, 0.6) is 0 Å². The van der Waals surface area contributed by atoms with Gasteiger partial charge < -0.3 is 13.7 Å². The average Bonchev–Trinajstić information content (AvgIpc) is 1.68. The third kappa shape index (κ3) is 15.3. The lowest BCUT2D eigenvalue weighted by Gasteiger charge is -2.19. The molecule has 4 heterocycles. The summed E-state index contributed by atoms with van der Waals surface area (Å²) in [6.07, 6.45) is 6.63. The third-order valence-corrected chi connectivity index (χ3v) is 29.6. The summed E-state index contributed by atoms with van der Waals surface area (Å²) >= 11 is 0. The van der Waals surface area contributed by atoms with Crippen molar-refractivity contribution in [2.45, 2.75) is 13.3 Å². The van der Waals surface area contributed by atoms with Crippen molar-refractivity contribution < 1.29 is 0 Å². The van der Waals surface area contributed by atoms with Crippen LogP contribution >= 0.6 is 0 Å². The Morgan fingerprint density at radius 1 is 0.179 bits per heavy atom. The molecule has 0 radical (unpaired) electrons. The number of pyridine rings is 1. The van der Waals surface area contributed by atoms with E-state index in [0.717, 1.165) is 23.4 Å². The van der Waals surface area contributed by atoms with Crippen LogP contribution in [0.4, 0.5) is 0 Å². The van der Waals surface area contributed by atoms with Gasteiger partial charge in [-0.2, -0.15) is 0 Å². The highest BCUT2D eigenvalue weighted by Gasteiger charge is 2.26. The zero-order valence-electron chi connectivity index (χ0n) is 80.1. The number of rotatable bonds is 15. The van der Waals surface area contributed by atoms with Gasteiger partial charge in [-0.1, -0.05) is 426 Å². The third-order valence-electron chi connectivity index (χ3n) is 29.6. The van der Waals surface area contributed by atoms with Gasteiger partial charge in [0.05, 0.1) is 33.1 Å². The molecular weight excluding hydrogens is 1750 g/mol. The lowest BCUT2D eigenvalue weighted by molar-refractivity contribution is 1.14. The Kier molecular flexibility index (Phi) is 22.1. The summed E-state index contributed by atoms with van der Waals surface area (Å²) in [5, 5.41) is 22.7. The molecule has 24 aromatic carbocycles. The zero-order chi connectivity index (χ0) is 96.4. The SMILES string of the molecule is C=Cc1ccc2c(c1)c1ccccc1n2-c1ccc(-c2c3ccccc3c(-c3ccccc3)c3cc(-c4ccccc4)ccc23)cc1.CCc1ccccc1-c1ccc2c(-c3ccc(-n4c5ccccc5c5ccccc54)cc3)c3ccccc3c(-c3ccccc3)c2c1.c1ccc(-c2ccc3c(-c4ccc(-n5c6ccccc6c6cc(-c7ccncc7)ccc65)cc4)c4ccccc4c(-c4ccccc4)c3c2)cc1. The molecular formula is C141H96N4. The number of benzene rings is 24. The zero-order valence-corrected chi connectivity index (χ0v) is 80.1. The molecule has 0 saturated heterocycles. The van der Waals surface area contributed by atoms with E-state index in [2.05, 4.69) is 554 Å². The van der Waals surface area contributed by atoms with Crippen LogP contribution in [-0.2, 0) is 6.42 Å². The van der Waals surface area contributed by atoms with Gasteiger partial charge >= 0.3 is 0 Å². The van der Waals surface area contributed by atoms with Crippen molar-refractivity contribution in [1.29, 1.82) is 0 Å². The van der Waals surface area contributed by atoms with Crippen molar-refractivity contribution in [3.63, 3.8) is 0 Å². The van der Waals surface area contributed by atoms with Crippen molar-refractivity contribution >= 4 is 136 Å². The van der Waals surface area contributed by atoms with Crippen LogP contribution < -0.4 is 0 Å². The fourth-order valence-electron chi connectivity index (χ4n) is 23.0.